The quantitative estimate of drug-likeness (QED) is 0.386. The lowest BCUT2D eigenvalue weighted by atomic mass is 10.1. The zero-order chi connectivity index (χ0) is 19.5. The van der Waals surface area contributed by atoms with Crippen molar-refractivity contribution in [3.8, 4) is 0 Å². The number of hydrogen-bond acceptors (Lipinski definition) is 4. The highest BCUT2D eigenvalue weighted by atomic mass is 16.5. The molecule has 0 bridgehead atoms. The second kappa shape index (κ2) is 11.6. The predicted molar refractivity (Wildman–Crippen MR) is 107 cm³/mol. The molecular formula is C20H32N4O3. The van der Waals surface area contributed by atoms with E-state index in [-0.39, 0.29) is 12.0 Å². The molecule has 1 saturated heterocycles. The van der Waals surface area contributed by atoms with Gasteiger partial charge in [-0.2, -0.15) is 0 Å². The molecule has 7 heteroatoms. The summed E-state index contributed by atoms with van der Waals surface area (Å²) in [4.78, 5) is 17.8. The van der Waals surface area contributed by atoms with Gasteiger partial charge in [-0.15, -0.1) is 0 Å². The van der Waals surface area contributed by atoms with Gasteiger partial charge in [0.1, 0.15) is 0 Å². The van der Waals surface area contributed by atoms with E-state index in [1.807, 2.05) is 24.3 Å². The first kappa shape index (κ1) is 21.2. The first-order valence-electron chi connectivity index (χ1n) is 9.54. The van der Waals surface area contributed by atoms with Crippen molar-refractivity contribution < 1.29 is 14.3 Å². The number of ether oxygens (including phenoxy) is 2. The van der Waals surface area contributed by atoms with E-state index in [1.165, 1.54) is 0 Å². The molecule has 0 radical (unpaired) electrons. The molecular weight excluding hydrogens is 344 g/mol. The molecule has 1 fully saturated rings. The minimum absolute atomic E-state index is 0.0188. The van der Waals surface area contributed by atoms with E-state index in [0.717, 1.165) is 43.9 Å². The molecule has 0 aliphatic carbocycles. The minimum Gasteiger partial charge on any atom is -0.377 e. The number of aliphatic imine (C=N–C) groups is 1. The third kappa shape index (κ3) is 7.56. The van der Waals surface area contributed by atoms with E-state index in [9.17, 15) is 4.79 Å². The number of amides is 1. The van der Waals surface area contributed by atoms with Crippen LogP contribution in [-0.4, -0.2) is 76.9 Å². The summed E-state index contributed by atoms with van der Waals surface area (Å²) in [5, 5.41) is 6.52. The Morgan fingerprint density at radius 2 is 2.15 bits per heavy atom. The Kier molecular flexibility index (Phi) is 9.07. The number of carbonyl (C=O) groups excluding carboxylic acids is 1. The van der Waals surface area contributed by atoms with Crippen molar-refractivity contribution in [3.63, 3.8) is 0 Å². The van der Waals surface area contributed by atoms with Crippen LogP contribution in [0.25, 0.3) is 0 Å². The summed E-state index contributed by atoms with van der Waals surface area (Å²) >= 11 is 0. The molecule has 7 nitrogen and oxygen atoms in total. The van der Waals surface area contributed by atoms with Gasteiger partial charge in [-0.05, 0) is 37.0 Å². The highest BCUT2D eigenvalue weighted by Crippen LogP contribution is 2.11. The van der Waals surface area contributed by atoms with E-state index in [0.29, 0.717) is 25.3 Å². The second-order valence-corrected chi connectivity index (χ2v) is 6.79. The van der Waals surface area contributed by atoms with E-state index < -0.39 is 0 Å². The monoisotopic (exact) mass is 376 g/mol. The standard InChI is InChI=1S/C20H32N4O3/c1-21-20(23-11-13-26-15-18-8-5-12-27-18)22-10-9-16-6-4-7-17(14-16)19(25)24(2)3/h4,6-7,14,18H,5,8-13,15H2,1-3H3,(H2,21,22,23). The summed E-state index contributed by atoms with van der Waals surface area (Å²) in [6, 6.07) is 7.74. The molecule has 1 unspecified atom stereocenters. The molecule has 1 atom stereocenters. The van der Waals surface area contributed by atoms with Crippen LogP contribution >= 0.6 is 0 Å². The van der Waals surface area contributed by atoms with Crippen LogP contribution in [0.4, 0.5) is 0 Å². The van der Waals surface area contributed by atoms with Crippen LogP contribution in [0.3, 0.4) is 0 Å². The van der Waals surface area contributed by atoms with E-state index in [1.54, 1.807) is 26.0 Å². The lowest BCUT2D eigenvalue weighted by molar-refractivity contribution is 0.0191. The number of benzene rings is 1. The molecule has 2 N–H and O–H groups in total. The predicted octanol–water partition coefficient (Wildman–Crippen LogP) is 1.29. The average molecular weight is 377 g/mol. The van der Waals surface area contributed by atoms with E-state index in [2.05, 4.69) is 15.6 Å². The molecule has 150 valence electrons. The lowest BCUT2D eigenvalue weighted by Gasteiger charge is -2.14. The summed E-state index contributed by atoms with van der Waals surface area (Å²) in [6.45, 7) is 3.56. The van der Waals surface area contributed by atoms with Crippen molar-refractivity contribution in [1.29, 1.82) is 0 Å². The Bertz CT molecular complexity index is 613. The normalized spacial score (nSPS) is 17.0. The van der Waals surface area contributed by atoms with Gasteiger partial charge in [-0.1, -0.05) is 12.1 Å². The minimum atomic E-state index is 0.0188. The lowest BCUT2D eigenvalue weighted by Crippen LogP contribution is -2.40. The fourth-order valence-corrected chi connectivity index (χ4v) is 2.90. The average Bonchev–Trinajstić information content (AvgIpc) is 3.19. The fourth-order valence-electron chi connectivity index (χ4n) is 2.90. The summed E-state index contributed by atoms with van der Waals surface area (Å²) < 4.78 is 11.2. The smallest absolute Gasteiger partial charge is 0.253 e. The number of guanidine groups is 1. The van der Waals surface area contributed by atoms with Crippen LogP contribution < -0.4 is 10.6 Å². The van der Waals surface area contributed by atoms with Crippen molar-refractivity contribution in [3.05, 3.63) is 35.4 Å². The molecule has 27 heavy (non-hydrogen) atoms. The SMILES string of the molecule is CN=C(NCCOCC1CCCO1)NCCc1cccc(C(=O)N(C)C)c1. The number of rotatable bonds is 9. The summed E-state index contributed by atoms with van der Waals surface area (Å²) in [7, 11) is 5.27. The maximum atomic E-state index is 12.0. The molecule has 1 aliphatic heterocycles. The van der Waals surface area contributed by atoms with Gasteiger partial charge in [0.05, 0.1) is 19.3 Å². The van der Waals surface area contributed by atoms with Crippen molar-refractivity contribution in [2.45, 2.75) is 25.4 Å². The summed E-state index contributed by atoms with van der Waals surface area (Å²) in [5.74, 6) is 0.765. The fraction of sp³-hybridized carbons (Fsp3) is 0.600. The second-order valence-electron chi connectivity index (χ2n) is 6.79. The molecule has 0 saturated carbocycles. The maximum Gasteiger partial charge on any atom is 0.253 e. The summed E-state index contributed by atoms with van der Waals surface area (Å²) in [5.41, 5.74) is 1.83. The molecule has 0 spiro atoms. The van der Waals surface area contributed by atoms with Gasteiger partial charge in [0.2, 0.25) is 0 Å². The van der Waals surface area contributed by atoms with Crippen LogP contribution in [0.2, 0.25) is 0 Å². The Labute approximate surface area is 162 Å². The van der Waals surface area contributed by atoms with E-state index in [4.69, 9.17) is 9.47 Å². The number of hydrogen-bond donors (Lipinski definition) is 2. The topological polar surface area (TPSA) is 75.2 Å². The highest BCUT2D eigenvalue weighted by Gasteiger charge is 2.15. The van der Waals surface area contributed by atoms with Crippen LogP contribution in [0.15, 0.2) is 29.3 Å². The third-order valence-corrected chi connectivity index (χ3v) is 4.38. The van der Waals surface area contributed by atoms with Gasteiger partial charge < -0.3 is 25.0 Å². The Morgan fingerprint density at radius 3 is 2.85 bits per heavy atom. The molecule has 2 rings (SSSR count). The van der Waals surface area contributed by atoms with Gasteiger partial charge in [-0.3, -0.25) is 9.79 Å². The zero-order valence-electron chi connectivity index (χ0n) is 16.7. The Morgan fingerprint density at radius 1 is 1.33 bits per heavy atom. The van der Waals surface area contributed by atoms with Gasteiger partial charge in [-0.25, -0.2) is 0 Å². The molecule has 1 heterocycles. The first-order valence-corrected chi connectivity index (χ1v) is 9.54. The Hall–Kier alpha value is -2.12. The van der Waals surface area contributed by atoms with E-state index >= 15 is 0 Å². The van der Waals surface area contributed by atoms with Crippen LogP contribution in [0, 0.1) is 0 Å². The maximum absolute atomic E-state index is 12.0. The molecule has 1 aliphatic rings. The molecule has 1 aromatic rings. The van der Waals surface area contributed by atoms with Gasteiger partial charge in [0, 0.05) is 46.4 Å². The van der Waals surface area contributed by atoms with Crippen molar-refractivity contribution in [1.82, 2.24) is 15.5 Å². The van der Waals surface area contributed by atoms with Crippen LogP contribution in [0.5, 0.6) is 0 Å². The first-order chi connectivity index (χ1) is 13.1. The van der Waals surface area contributed by atoms with Gasteiger partial charge in [0.15, 0.2) is 5.96 Å². The highest BCUT2D eigenvalue weighted by molar-refractivity contribution is 5.94. The van der Waals surface area contributed by atoms with Crippen LogP contribution in [0.1, 0.15) is 28.8 Å². The molecule has 1 aromatic carbocycles. The van der Waals surface area contributed by atoms with Crippen molar-refractivity contribution in [2.24, 2.45) is 4.99 Å². The van der Waals surface area contributed by atoms with Gasteiger partial charge in [0.25, 0.3) is 5.91 Å². The summed E-state index contributed by atoms with van der Waals surface area (Å²) in [6.07, 6.45) is 3.30. The number of nitrogens with zero attached hydrogens (tertiary/aromatic N) is 2. The zero-order valence-corrected chi connectivity index (χ0v) is 16.7. The van der Waals surface area contributed by atoms with Crippen molar-refractivity contribution >= 4 is 11.9 Å². The Balaban J connectivity index is 1.64. The molecule has 1 amide bonds. The third-order valence-electron chi connectivity index (χ3n) is 4.38. The number of carbonyl (C=O) groups is 1. The largest absolute Gasteiger partial charge is 0.377 e. The van der Waals surface area contributed by atoms with Gasteiger partial charge >= 0.3 is 0 Å². The van der Waals surface area contributed by atoms with Crippen LogP contribution in [-0.2, 0) is 15.9 Å². The molecule has 0 aromatic heterocycles. The number of nitrogens with one attached hydrogen (secondary N) is 2. The van der Waals surface area contributed by atoms with Crippen molar-refractivity contribution in [2.75, 3.05) is 54.1 Å².